The van der Waals surface area contributed by atoms with Gasteiger partial charge < -0.3 is 26.3 Å². The van der Waals surface area contributed by atoms with E-state index in [-0.39, 0.29) is 12.5 Å². The third-order valence-electron chi connectivity index (χ3n) is 3.33. The molecule has 1 heterocycles. The van der Waals surface area contributed by atoms with Crippen molar-refractivity contribution in [2.45, 2.75) is 18.4 Å². The fraction of sp³-hybridized carbons (Fsp3) is 0.429. The zero-order valence-corrected chi connectivity index (χ0v) is 11.6. The Kier molecular flexibility index (Phi) is 4.77. The summed E-state index contributed by atoms with van der Waals surface area (Å²) in [5.74, 6) is -0.270. The molecular formula is C14H19N3O4. The van der Waals surface area contributed by atoms with Gasteiger partial charge in [0.05, 0.1) is 0 Å². The number of anilines is 1. The number of hydrogen-bond donors (Lipinski definition) is 3. The minimum absolute atomic E-state index is 0.183. The van der Waals surface area contributed by atoms with E-state index in [0.29, 0.717) is 37.5 Å². The average Bonchev–Trinajstić information content (AvgIpc) is 2.47. The van der Waals surface area contributed by atoms with Gasteiger partial charge in [-0.15, -0.1) is 0 Å². The van der Waals surface area contributed by atoms with E-state index in [9.17, 15) is 9.59 Å². The minimum atomic E-state index is -0.889. The van der Waals surface area contributed by atoms with Gasteiger partial charge in [0.25, 0.3) is 5.91 Å². The largest absolute Gasteiger partial charge is 0.484 e. The van der Waals surface area contributed by atoms with Crippen LogP contribution in [0.4, 0.5) is 5.69 Å². The Morgan fingerprint density at radius 1 is 1.24 bits per heavy atom. The summed E-state index contributed by atoms with van der Waals surface area (Å²) in [4.78, 5) is 22.8. The number of carbonyl (C=O) groups is 2. The standard InChI is InChI=1S/C14H19N3O4/c15-12(18)9-21-11-3-1-10(2-4-11)17-13(19)14(16)5-7-20-8-6-14/h1-4H,5-9,16H2,(H2,15,18)(H,17,19). The first-order valence-corrected chi connectivity index (χ1v) is 6.69. The molecule has 7 nitrogen and oxygen atoms in total. The van der Waals surface area contributed by atoms with Crippen molar-refractivity contribution >= 4 is 17.5 Å². The number of carbonyl (C=O) groups excluding carboxylic acids is 2. The Morgan fingerprint density at radius 3 is 2.43 bits per heavy atom. The Balaban J connectivity index is 1.93. The van der Waals surface area contributed by atoms with Gasteiger partial charge in [-0.1, -0.05) is 0 Å². The molecule has 0 aliphatic carbocycles. The highest BCUT2D eigenvalue weighted by Gasteiger charge is 2.35. The molecule has 114 valence electrons. The predicted octanol–water partition coefficient (Wildman–Crippen LogP) is -0.00290. The highest BCUT2D eigenvalue weighted by atomic mass is 16.5. The van der Waals surface area contributed by atoms with Crippen LogP contribution in [0, 0.1) is 0 Å². The molecule has 5 N–H and O–H groups in total. The summed E-state index contributed by atoms with van der Waals surface area (Å²) < 4.78 is 10.3. The molecule has 1 aliphatic rings. The van der Waals surface area contributed by atoms with Crippen molar-refractivity contribution in [3.05, 3.63) is 24.3 Å². The van der Waals surface area contributed by atoms with Crippen LogP contribution in [-0.4, -0.2) is 37.2 Å². The van der Waals surface area contributed by atoms with Gasteiger partial charge in [0.15, 0.2) is 6.61 Å². The van der Waals surface area contributed by atoms with Crippen molar-refractivity contribution in [1.29, 1.82) is 0 Å². The smallest absolute Gasteiger partial charge is 0.255 e. The van der Waals surface area contributed by atoms with Crippen molar-refractivity contribution in [3.8, 4) is 5.75 Å². The van der Waals surface area contributed by atoms with Crippen molar-refractivity contribution in [3.63, 3.8) is 0 Å². The van der Waals surface area contributed by atoms with Crippen molar-refractivity contribution in [2.75, 3.05) is 25.1 Å². The number of amides is 2. The number of rotatable bonds is 5. The maximum atomic E-state index is 12.2. The summed E-state index contributed by atoms with van der Waals surface area (Å²) in [6.07, 6.45) is 0.997. The summed E-state index contributed by atoms with van der Waals surface area (Å²) in [5.41, 5.74) is 10.8. The van der Waals surface area contributed by atoms with Crippen molar-refractivity contribution in [1.82, 2.24) is 0 Å². The molecule has 21 heavy (non-hydrogen) atoms. The zero-order valence-electron chi connectivity index (χ0n) is 11.6. The molecular weight excluding hydrogens is 274 g/mol. The van der Waals surface area contributed by atoms with Gasteiger partial charge >= 0.3 is 0 Å². The number of primary amides is 1. The molecule has 1 aromatic carbocycles. The molecule has 2 rings (SSSR count). The van der Waals surface area contributed by atoms with Crippen LogP contribution in [0.1, 0.15) is 12.8 Å². The number of nitrogens with one attached hydrogen (secondary N) is 1. The number of nitrogens with two attached hydrogens (primary N) is 2. The van der Waals surface area contributed by atoms with Gasteiger partial charge in [-0.05, 0) is 37.1 Å². The summed E-state index contributed by atoms with van der Waals surface area (Å²) in [6, 6.07) is 6.64. The maximum Gasteiger partial charge on any atom is 0.255 e. The lowest BCUT2D eigenvalue weighted by atomic mass is 9.90. The minimum Gasteiger partial charge on any atom is -0.484 e. The first-order chi connectivity index (χ1) is 9.99. The third kappa shape index (κ3) is 4.17. The monoisotopic (exact) mass is 293 g/mol. The van der Waals surface area contributed by atoms with E-state index < -0.39 is 11.4 Å². The first kappa shape index (κ1) is 15.3. The van der Waals surface area contributed by atoms with E-state index in [0.717, 1.165) is 0 Å². The SMILES string of the molecule is NC(=O)COc1ccc(NC(=O)C2(N)CCOCC2)cc1. The average molecular weight is 293 g/mol. The fourth-order valence-electron chi connectivity index (χ4n) is 2.01. The molecule has 1 fully saturated rings. The third-order valence-corrected chi connectivity index (χ3v) is 3.33. The normalized spacial score (nSPS) is 17.0. The van der Waals surface area contributed by atoms with Gasteiger partial charge in [-0.2, -0.15) is 0 Å². The highest BCUT2D eigenvalue weighted by molar-refractivity contribution is 5.98. The van der Waals surface area contributed by atoms with E-state index in [4.69, 9.17) is 20.9 Å². The topological polar surface area (TPSA) is 117 Å². The Hall–Kier alpha value is -2.12. The molecule has 1 saturated heterocycles. The van der Waals surface area contributed by atoms with E-state index in [1.165, 1.54) is 0 Å². The summed E-state index contributed by atoms with van der Waals surface area (Å²) in [7, 11) is 0. The summed E-state index contributed by atoms with van der Waals surface area (Å²) in [6.45, 7) is 0.797. The van der Waals surface area contributed by atoms with Crippen LogP contribution < -0.4 is 21.5 Å². The molecule has 0 saturated carbocycles. The lowest BCUT2D eigenvalue weighted by molar-refractivity contribution is -0.124. The number of ether oxygens (including phenoxy) is 2. The van der Waals surface area contributed by atoms with Crippen LogP contribution in [-0.2, 0) is 14.3 Å². The van der Waals surface area contributed by atoms with Crippen LogP contribution in [0.5, 0.6) is 5.75 Å². The number of hydrogen-bond acceptors (Lipinski definition) is 5. The molecule has 0 radical (unpaired) electrons. The molecule has 1 aromatic rings. The fourth-order valence-corrected chi connectivity index (χ4v) is 2.01. The molecule has 7 heteroatoms. The van der Waals surface area contributed by atoms with Crippen molar-refractivity contribution in [2.24, 2.45) is 11.5 Å². The lowest BCUT2D eigenvalue weighted by Crippen LogP contribution is -2.54. The molecule has 0 bridgehead atoms. The molecule has 1 aliphatic heterocycles. The van der Waals surface area contributed by atoms with Crippen LogP contribution in [0.2, 0.25) is 0 Å². The molecule has 2 amide bonds. The van der Waals surface area contributed by atoms with Crippen LogP contribution in [0.15, 0.2) is 24.3 Å². The Bertz CT molecular complexity index is 509. The number of benzene rings is 1. The zero-order chi connectivity index (χ0) is 15.3. The second-order valence-corrected chi connectivity index (χ2v) is 5.00. The van der Waals surface area contributed by atoms with Crippen LogP contribution in [0.25, 0.3) is 0 Å². The highest BCUT2D eigenvalue weighted by Crippen LogP contribution is 2.21. The second kappa shape index (κ2) is 6.55. The van der Waals surface area contributed by atoms with Crippen molar-refractivity contribution < 1.29 is 19.1 Å². The van der Waals surface area contributed by atoms with E-state index >= 15 is 0 Å². The molecule has 0 unspecified atom stereocenters. The summed E-state index contributed by atoms with van der Waals surface area (Å²) in [5, 5.41) is 2.78. The predicted molar refractivity (Wildman–Crippen MR) is 76.7 cm³/mol. The molecule has 0 atom stereocenters. The first-order valence-electron chi connectivity index (χ1n) is 6.69. The summed E-state index contributed by atoms with van der Waals surface area (Å²) >= 11 is 0. The lowest BCUT2D eigenvalue weighted by Gasteiger charge is -2.31. The Morgan fingerprint density at radius 2 is 1.86 bits per heavy atom. The van der Waals surface area contributed by atoms with Crippen LogP contribution >= 0.6 is 0 Å². The van der Waals surface area contributed by atoms with Gasteiger partial charge in [0.1, 0.15) is 11.3 Å². The second-order valence-electron chi connectivity index (χ2n) is 5.00. The Labute approximate surface area is 122 Å². The van der Waals surface area contributed by atoms with Gasteiger partial charge in [-0.3, -0.25) is 9.59 Å². The maximum absolute atomic E-state index is 12.2. The quantitative estimate of drug-likeness (QED) is 0.706. The van der Waals surface area contributed by atoms with Gasteiger partial charge in [0.2, 0.25) is 5.91 Å². The van der Waals surface area contributed by atoms with Gasteiger partial charge in [-0.25, -0.2) is 0 Å². The molecule has 0 aromatic heterocycles. The van der Waals surface area contributed by atoms with E-state index in [2.05, 4.69) is 5.32 Å². The molecule has 0 spiro atoms. The van der Waals surface area contributed by atoms with Gasteiger partial charge in [0, 0.05) is 18.9 Å². The van der Waals surface area contributed by atoms with E-state index in [1.54, 1.807) is 24.3 Å². The van der Waals surface area contributed by atoms with Crippen LogP contribution in [0.3, 0.4) is 0 Å². The van der Waals surface area contributed by atoms with E-state index in [1.807, 2.05) is 0 Å².